The monoisotopic (exact) mass is 459 g/mol. The van der Waals surface area contributed by atoms with E-state index in [1.807, 2.05) is 9.80 Å². The number of aliphatic hydroxyl groups is 1. The largest absolute Gasteiger partial charge is 0.491 e. The van der Waals surface area contributed by atoms with Crippen LogP contribution in [0.3, 0.4) is 0 Å². The molecular formula is C20H21ClF3N3O4. The molecule has 0 spiro atoms. The Morgan fingerprint density at radius 1 is 1.13 bits per heavy atom. The molecule has 0 aliphatic carbocycles. The van der Waals surface area contributed by atoms with Gasteiger partial charge in [0.05, 0.1) is 15.5 Å². The summed E-state index contributed by atoms with van der Waals surface area (Å²) >= 11 is 5.68. The predicted molar refractivity (Wildman–Crippen MR) is 110 cm³/mol. The van der Waals surface area contributed by atoms with Crippen molar-refractivity contribution in [3.8, 4) is 5.75 Å². The molecule has 0 amide bonds. The van der Waals surface area contributed by atoms with E-state index < -0.39 is 22.8 Å². The molecule has 1 fully saturated rings. The Hall–Kier alpha value is -2.56. The zero-order valence-electron chi connectivity index (χ0n) is 16.4. The van der Waals surface area contributed by atoms with Gasteiger partial charge in [-0.25, -0.2) is 0 Å². The van der Waals surface area contributed by atoms with E-state index in [1.54, 1.807) is 6.07 Å². The first-order chi connectivity index (χ1) is 14.6. The summed E-state index contributed by atoms with van der Waals surface area (Å²) in [6.07, 6.45) is -5.29. The molecule has 1 atom stereocenters. The average molecular weight is 460 g/mol. The number of rotatable bonds is 7. The van der Waals surface area contributed by atoms with Gasteiger partial charge in [0.15, 0.2) is 0 Å². The first kappa shape index (κ1) is 23.1. The van der Waals surface area contributed by atoms with Gasteiger partial charge >= 0.3 is 6.18 Å². The Labute approximate surface area is 181 Å². The molecular weight excluding hydrogens is 439 g/mol. The molecule has 1 aliphatic heterocycles. The fourth-order valence-electron chi connectivity index (χ4n) is 3.32. The van der Waals surface area contributed by atoms with E-state index in [0.717, 1.165) is 6.07 Å². The smallest absolute Gasteiger partial charge is 0.417 e. The van der Waals surface area contributed by atoms with Crippen molar-refractivity contribution >= 4 is 23.0 Å². The van der Waals surface area contributed by atoms with Crippen LogP contribution in [0.4, 0.5) is 24.5 Å². The number of nitrogens with zero attached hydrogens (tertiary/aromatic N) is 3. The Balaban J connectivity index is 1.47. The summed E-state index contributed by atoms with van der Waals surface area (Å²) in [5.41, 5.74) is -0.444. The Morgan fingerprint density at radius 2 is 1.77 bits per heavy atom. The molecule has 0 bridgehead atoms. The Bertz CT molecular complexity index is 904. The number of anilines is 1. The zero-order valence-corrected chi connectivity index (χ0v) is 17.1. The molecule has 168 valence electrons. The quantitative estimate of drug-likeness (QED) is 0.501. The second kappa shape index (κ2) is 9.71. The number of β-amino-alcohol motifs (C(OH)–C–C–N with tert-alkyl or cyclic N) is 1. The maximum Gasteiger partial charge on any atom is 0.417 e. The number of piperazine rings is 1. The molecule has 1 aliphatic rings. The number of halogens is 4. The van der Waals surface area contributed by atoms with Crippen LogP contribution in [0.15, 0.2) is 42.5 Å². The fraction of sp³-hybridized carbons (Fsp3) is 0.400. The molecule has 1 unspecified atom stereocenters. The highest BCUT2D eigenvalue weighted by Gasteiger charge is 2.34. The topological polar surface area (TPSA) is 79.1 Å². The standard InChI is InChI=1S/C20H21ClF3N3O4/c21-19-6-3-15(11-18(19)20(22,23)24)26-9-7-25(8-10-26)12-16(28)13-31-17-4-1-14(2-5-17)27(29)30/h1-6,11,16,28H,7-10,12-13H2. The molecule has 2 aromatic rings. The van der Waals surface area contributed by atoms with Crippen molar-refractivity contribution < 1.29 is 27.9 Å². The number of nitro groups is 1. The molecule has 0 aromatic heterocycles. The molecule has 31 heavy (non-hydrogen) atoms. The van der Waals surface area contributed by atoms with Crippen LogP contribution in [0.1, 0.15) is 5.56 Å². The number of non-ortho nitro benzene ring substituents is 1. The van der Waals surface area contributed by atoms with Crippen LogP contribution in [0.25, 0.3) is 0 Å². The van der Waals surface area contributed by atoms with Gasteiger partial charge in [0.2, 0.25) is 0 Å². The lowest BCUT2D eigenvalue weighted by molar-refractivity contribution is -0.384. The van der Waals surface area contributed by atoms with Crippen molar-refractivity contribution in [1.82, 2.24) is 4.90 Å². The van der Waals surface area contributed by atoms with Gasteiger partial charge in [0, 0.05) is 50.5 Å². The van der Waals surface area contributed by atoms with Crippen LogP contribution in [0.5, 0.6) is 5.75 Å². The summed E-state index contributed by atoms with van der Waals surface area (Å²) in [5.74, 6) is 0.415. The van der Waals surface area contributed by atoms with Gasteiger partial charge in [-0.05, 0) is 30.3 Å². The first-order valence-corrected chi connectivity index (χ1v) is 9.90. The lowest BCUT2D eigenvalue weighted by Crippen LogP contribution is -2.49. The number of hydrogen-bond donors (Lipinski definition) is 1. The predicted octanol–water partition coefficient (Wildman–Crippen LogP) is 3.83. The summed E-state index contributed by atoms with van der Waals surface area (Å²) in [7, 11) is 0. The van der Waals surface area contributed by atoms with Crippen molar-refractivity contribution in [2.24, 2.45) is 0 Å². The van der Waals surface area contributed by atoms with E-state index in [2.05, 4.69) is 0 Å². The van der Waals surface area contributed by atoms with E-state index >= 15 is 0 Å². The lowest BCUT2D eigenvalue weighted by atomic mass is 10.1. The summed E-state index contributed by atoms with van der Waals surface area (Å²) in [5, 5.41) is 20.5. The van der Waals surface area contributed by atoms with Gasteiger partial charge in [-0.15, -0.1) is 0 Å². The number of hydrogen-bond acceptors (Lipinski definition) is 6. The number of aliphatic hydroxyl groups excluding tert-OH is 1. The van der Waals surface area contributed by atoms with E-state index in [-0.39, 0.29) is 17.3 Å². The van der Waals surface area contributed by atoms with Crippen molar-refractivity contribution in [3.63, 3.8) is 0 Å². The van der Waals surface area contributed by atoms with E-state index in [4.69, 9.17) is 16.3 Å². The summed E-state index contributed by atoms with van der Waals surface area (Å²) in [6.45, 7) is 2.51. The Kier molecular flexibility index (Phi) is 7.24. The fourth-order valence-corrected chi connectivity index (χ4v) is 3.55. The van der Waals surface area contributed by atoms with E-state index in [0.29, 0.717) is 44.2 Å². The van der Waals surface area contributed by atoms with Crippen molar-refractivity contribution in [3.05, 3.63) is 63.2 Å². The molecule has 1 heterocycles. The van der Waals surface area contributed by atoms with Gasteiger partial charge in [-0.2, -0.15) is 13.2 Å². The number of alkyl halides is 3. The summed E-state index contributed by atoms with van der Waals surface area (Å²) in [6, 6.07) is 9.45. The van der Waals surface area contributed by atoms with Crippen LogP contribution in [0, 0.1) is 10.1 Å². The SMILES string of the molecule is O=[N+]([O-])c1ccc(OCC(O)CN2CCN(c3ccc(Cl)c(C(F)(F)F)c3)CC2)cc1. The van der Waals surface area contributed by atoms with Crippen LogP contribution < -0.4 is 9.64 Å². The van der Waals surface area contributed by atoms with Crippen molar-refractivity contribution in [2.75, 3.05) is 44.2 Å². The third-order valence-electron chi connectivity index (χ3n) is 4.95. The molecule has 7 nitrogen and oxygen atoms in total. The van der Waals surface area contributed by atoms with Gasteiger partial charge in [0.25, 0.3) is 5.69 Å². The molecule has 1 N–H and O–H groups in total. The highest BCUT2D eigenvalue weighted by Crippen LogP contribution is 2.37. The van der Waals surface area contributed by atoms with Crippen molar-refractivity contribution in [2.45, 2.75) is 12.3 Å². The zero-order chi connectivity index (χ0) is 22.6. The second-order valence-electron chi connectivity index (χ2n) is 7.17. The molecule has 1 saturated heterocycles. The minimum absolute atomic E-state index is 0.0180. The minimum Gasteiger partial charge on any atom is -0.491 e. The van der Waals surface area contributed by atoms with Crippen LogP contribution in [-0.2, 0) is 6.18 Å². The van der Waals surface area contributed by atoms with E-state index in [9.17, 15) is 28.4 Å². The normalized spacial score (nSPS) is 16.2. The van der Waals surface area contributed by atoms with Crippen LogP contribution in [-0.4, -0.2) is 60.4 Å². The molecule has 11 heteroatoms. The molecule has 0 saturated carbocycles. The lowest BCUT2D eigenvalue weighted by Gasteiger charge is -2.37. The Morgan fingerprint density at radius 3 is 2.35 bits per heavy atom. The minimum atomic E-state index is -4.51. The van der Waals surface area contributed by atoms with Gasteiger partial charge in [-0.3, -0.25) is 15.0 Å². The maximum absolute atomic E-state index is 13.1. The molecule has 3 rings (SSSR count). The number of ether oxygens (including phenoxy) is 1. The number of benzene rings is 2. The van der Waals surface area contributed by atoms with Crippen LogP contribution >= 0.6 is 11.6 Å². The highest BCUT2D eigenvalue weighted by atomic mass is 35.5. The first-order valence-electron chi connectivity index (χ1n) is 9.53. The highest BCUT2D eigenvalue weighted by molar-refractivity contribution is 6.31. The molecule has 0 radical (unpaired) electrons. The van der Waals surface area contributed by atoms with E-state index in [1.165, 1.54) is 30.3 Å². The number of nitro benzene ring substituents is 1. The third-order valence-corrected chi connectivity index (χ3v) is 5.28. The average Bonchev–Trinajstić information content (AvgIpc) is 2.73. The van der Waals surface area contributed by atoms with Gasteiger partial charge < -0.3 is 14.7 Å². The summed E-state index contributed by atoms with van der Waals surface area (Å²) in [4.78, 5) is 14.0. The van der Waals surface area contributed by atoms with Crippen molar-refractivity contribution in [1.29, 1.82) is 0 Å². The summed E-state index contributed by atoms with van der Waals surface area (Å²) < 4.78 is 44.7. The second-order valence-corrected chi connectivity index (χ2v) is 7.57. The maximum atomic E-state index is 13.1. The molecule has 2 aromatic carbocycles. The third kappa shape index (κ3) is 6.22. The van der Waals surface area contributed by atoms with Gasteiger partial charge in [0.1, 0.15) is 18.5 Å². The van der Waals surface area contributed by atoms with Gasteiger partial charge in [-0.1, -0.05) is 11.6 Å². The van der Waals surface area contributed by atoms with Crippen LogP contribution in [0.2, 0.25) is 5.02 Å².